The number of nitrogens with zero attached hydrogens (tertiary/aromatic N) is 3. The molecule has 1 fully saturated rings. The Labute approximate surface area is 227 Å². The summed E-state index contributed by atoms with van der Waals surface area (Å²) in [6, 6.07) is 23.3. The molecule has 0 saturated carbocycles. The van der Waals surface area contributed by atoms with Gasteiger partial charge in [0, 0.05) is 49.3 Å². The van der Waals surface area contributed by atoms with E-state index in [2.05, 4.69) is 5.32 Å². The molecule has 1 saturated heterocycles. The zero-order valence-electron chi connectivity index (χ0n) is 22.3. The van der Waals surface area contributed by atoms with Crippen molar-refractivity contribution >= 4 is 17.6 Å². The van der Waals surface area contributed by atoms with Gasteiger partial charge in [0.05, 0.1) is 18.4 Å². The van der Waals surface area contributed by atoms with Gasteiger partial charge in [0.1, 0.15) is 11.6 Å². The molecule has 200 valence electrons. The first-order valence-corrected chi connectivity index (χ1v) is 12.9. The first-order chi connectivity index (χ1) is 18.8. The van der Waals surface area contributed by atoms with Gasteiger partial charge in [0.25, 0.3) is 5.91 Å². The second-order valence-corrected chi connectivity index (χ2v) is 9.65. The fourth-order valence-corrected chi connectivity index (χ4v) is 4.87. The van der Waals surface area contributed by atoms with E-state index in [1.165, 1.54) is 12.1 Å². The quantitative estimate of drug-likeness (QED) is 0.352. The van der Waals surface area contributed by atoms with Crippen LogP contribution in [0, 0.1) is 19.7 Å². The van der Waals surface area contributed by atoms with Crippen molar-refractivity contribution < 1.29 is 18.7 Å². The molecule has 0 atom stereocenters. The van der Waals surface area contributed by atoms with Crippen LogP contribution >= 0.6 is 0 Å². The largest absolute Gasteiger partial charge is 0.497 e. The Morgan fingerprint density at radius 2 is 1.51 bits per heavy atom. The Bertz CT molecular complexity index is 1490. The van der Waals surface area contributed by atoms with Crippen LogP contribution < -0.4 is 10.1 Å². The summed E-state index contributed by atoms with van der Waals surface area (Å²) in [7, 11) is 1.58. The SMILES string of the molecule is COc1cccc(NC(=O)N2CCN(C(=O)c3cc(-c4ccc(F)cc4)n(-c4ccc(C)cc4)c3C)CC2)c1. The number of benzene rings is 3. The number of hydrogen-bond donors (Lipinski definition) is 1. The lowest BCUT2D eigenvalue weighted by atomic mass is 10.1. The minimum absolute atomic E-state index is 0.0884. The number of carbonyl (C=O) groups excluding carboxylic acids is 2. The highest BCUT2D eigenvalue weighted by atomic mass is 19.1. The molecule has 1 aromatic heterocycles. The maximum atomic E-state index is 13.7. The number of nitrogens with one attached hydrogen (secondary N) is 1. The minimum Gasteiger partial charge on any atom is -0.497 e. The fraction of sp³-hybridized carbons (Fsp3) is 0.226. The molecule has 39 heavy (non-hydrogen) atoms. The monoisotopic (exact) mass is 526 g/mol. The van der Waals surface area contributed by atoms with Crippen molar-refractivity contribution in [2.45, 2.75) is 13.8 Å². The predicted octanol–water partition coefficient (Wildman–Crippen LogP) is 5.90. The Hall–Kier alpha value is -4.59. The average molecular weight is 527 g/mol. The molecule has 3 amide bonds. The second kappa shape index (κ2) is 11.0. The van der Waals surface area contributed by atoms with Crippen molar-refractivity contribution in [2.75, 3.05) is 38.6 Å². The number of carbonyl (C=O) groups is 2. The van der Waals surface area contributed by atoms with Gasteiger partial charge in [-0.05, 0) is 74.0 Å². The lowest BCUT2D eigenvalue weighted by Gasteiger charge is -2.34. The number of urea groups is 1. The summed E-state index contributed by atoms with van der Waals surface area (Å²) in [5.41, 5.74) is 5.74. The Morgan fingerprint density at radius 3 is 2.18 bits per heavy atom. The van der Waals surface area contributed by atoms with Crippen LogP contribution in [0.1, 0.15) is 21.6 Å². The van der Waals surface area contributed by atoms with Gasteiger partial charge in [-0.25, -0.2) is 9.18 Å². The molecular formula is C31H31FN4O3. The van der Waals surface area contributed by atoms with Gasteiger partial charge < -0.3 is 24.4 Å². The van der Waals surface area contributed by atoms with Gasteiger partial charge >= 0.3 is 6.03 Å². The summed E-state index contributed by atoms with van der Waals surface area (Å²) in [5, 5.41) is 2.90. The summed E-state index contributed by atoms with van der Waals surface area (Å²) in [6.45, 7) is 5.64. The number of anilines is 1. The van der Waals surface area contributed by atoms with E-state index in [-0.39, 0.29) is 17.8 Å². The van der Waals surface area contributed by atoms with Gasteiger partial charge in [-0.3, -0.25) is 4.79 Å². The van der Waals surface area contributed by atoms with E-state index in [1.54, 1.807) is 41.2 Å². The summed E-state index contributed by atoms with van der Waals surface area (Å²) in [4.78, 5) is 30.0. The van der Waals surface area contributed by atoms with Gasteiger partial charge in [-0.15, -0.1) is 0 Å². The molecular weight excluding hydrogens is 495 g/mol. The number of halogens is 1. The number of methoxy groups -OCH3 is 1. The highest BCUT2D eigenvalue weighted by Gasteiger charge is 2.28. The molecule has 0 radical (unpaired) electrons. The van der Waals surface area contributed by atoms with Crippen molar-refractivity contribution in [1.29, 1.82) is 0 Å². The third-order valence-corrected chi connectivity index (χ3v) is 7.08. The smallest absolute Gasteiger partial charge is 0.321 e. The van der Waals surface area contributed by atoms with Gasteiger partial charge in [0.15, 0.2) is 0 Å². The van der Waals surface area contributed by atoms with Crippen LogP contribution in [-0.2, 0) is 0 Å². The van der Waals surface area contributed by atoms with E-state index >= 15 is 0 Å². The zero-order valence-corrected chi connectivity index (χ0v) is 22.3. The average Bonchev–Trinajstić information content (AvgIpc) is 3.30. The van der Waals surface area contributed by atoms with Crippen LogP contribution in [0.2, 0.25) is 0 Å². The molecule has 5 rings (SSSR count). The Morgan fingerprint density at radius 1 is 0.846 bits per heavy atom. The van der Waals surface area contributed by atoms with E-state index in [0.717, 1.165) is 28.2 Å². The van der Waals surface area contributed by atoms with Crippen LogP contribution in [0.5, 0.6) is 5.75 Å². The van der Waals surface area contributed by atoms with Crippen molar-refractivity contribution in [2.24, 2.45) is 0 Å². The van der Waals surface area contributed by atoms with Crippen LogP contribution in [0.4, 0.5) is 14.9 Å². The molecule has 3 aromatic carbocycles. The standard InChI is InChI=1S/C31H31FN4O3/c1-21-7-13-26(14-8-21)36-22(2)28(20-29(36)23-9-11-24(32)12-10-23)30(37)34-15-17-35(18-16-34)31(38)33-25-5-4-6-27(19-25)39-3/h4-14,19-20H,15-18H2,1-3H3,(H,33,38). The van der Waals surface area contributed by atoms with Crippen molar-refractivity contribution in [3.05, 3.63) is 102 Å². The molecule has 1 N–H and O–H groups in total. The van der Waals surface area contributed by atoms with Crippen molar-refractivity contribution in [3.63, 3.8) is 0 Å². The molecule has 7 nitrogen and oxygen atoms in total. The minimum atomic E-state index is -0.312. The molecule has 0 aliphatic carbocycles. The maximum absolute atomic E-state index is 13.7. The van der Waals surface area contributed by atoms with E-state index in [4.69, 9.17) is 4.74 Å². The summed E-state index contributed by atoms with van der Waals surface area (Å²) in [6.07, 6.45) is 0. The number of aryl methyl sites for hydroxylation is 1. The number of rotatable bonds is 5. The maximum Gasteiger partial charge on any atom is 0.321 e. The van der Waals surface area contributed by atoms with E-state index < -0.39 is 0 Å². The van der Waals surface area contributed by atoms with Crippen LogP contribution in [0.25, 0.3) is 16.9 Å². The van der Waals surface area contributed by atoms with E-state index in [0.29, 0.717) is 43.2 Å². The highest BCUT2D eigenvalue weighted by molar-refractivity contribution is 5.97. The van der Waals surface area contributed by atoms with Crippen molar-refractivity contribution in [1.82, 2.24) is 14.4 Å². The van der Waals surface area contributed by atoms with Crippen LogP contribution in [-0.4, -0.2) is 59.6 Å². The molecule has 0 spiro atoms. The van der Waals surface area contributed by atoms with Crippen LogP contribution in [0.3, 0.4) is 0 Å². The first-order valence-electron chi connectivity index (χ1n) is 12.9. The molecule has 8 heteroatoms. The third-order valence-electron chi connectivity index (χ3n) is 7.08. The first kappa shape index (κ1) is 26.0. The summed E-state index contributed by atoms with van der Waals surface area (Å²) >= 11 is 0. The highest BCUT2D eigenvalue weighted by Crippen LogP contribution is 2.31. The molecule has 1 aliphatic heterocycles. The van der Waals surface area contributed by atoms with Crippen molar-refractivity contribution in [3.8, 4) is 22.7 Å². The van der Waals surface area contributed by atoms with E-state index in [1.807, 2.05) is 60.9 Å². The fourth-order valence-electron chi connectivity index (χ4n) is 4.87. The third kappa shape index (κ3) is 5.50. The number of aromatic nitrogens is 1. The molecule has 0 unspecified atom stereocenters. The lowest BCUT2D eigenvalue weighted by Crippen LogP contribution is -2.51. The topological polar surface area (TPSA) is 66.8 Å². The summed E-state index contributed by atoms with van der Waals surface area (Å²) < 4.78 is 20.9. The van der Waals surface area contributed by atoms with Gasteiger partial charge in [0.2, 0.25) is 0 Å². The number of piperazine rings is 1. The Kier molecular flexibility index (Phi) is 7.36. The van der Waals surface area contributed by atoms with Gasteiger partial charge in [-0.2, -0.15) is 0 Å². The van der Waals surface area contributed by atoms with Crippen LogP contribution in [0.15, 0.2) is 78.9 Å². The normalized spacial score (nSPS) is 13.3. The lowest BCUT2D eigenvalue weighted by molar-refractivity contribution is 0.0671. The molecule has 0 bridgehead atoms. The zero-order chi connectivity index (χ0) is 27.5. The molecule has 2 heterocycles. The number of hydrogen-bond acceptors (Lipinski definition) is 3. The second-order valence-electron chi connectivity index (χ2n) is 9.65. The van der Waals surface area contributed by atoms with Gasteiger partial charge in [-0.1, -0.05) is 23.8 Å². The molecule has 4 aromatic rings. The summed E-state index contributed by atoms with van der Waals surface area (Å²) in [5.74, 6) is 0.263. The number of ether oxygens (including phenoxy) is 1. The predicted molar refractivity (Wildman–Crippen MR) is 150 cm³/mol. The number of amides is 3. The Balaban J connectivity index is 1.35. The van der Waals surface area contributed by atoms with E-state index in [9.17, 15) is 14.0 Å². The molecule has 1 aliphatic rings.